The smallest absolute Gasteiger partial charge is 0.302 e. The van der Waals surface area contributed by atoms with E-state index in [0.29, 0.717) is 24.8 Å². The number of nitrogens with zero attached hydrogens (tertiary/aromatic N) is 1. The summed E-state index contributed by atoms with van der Waals surface area (Å²) in [5.41, 5.74) is 0.388. The summed E-state index contributed by atoms with van der Waals surface area (Å²) < 4.78 is 5.89. The molecule has 6 heteroatoms. The highest BCUT2D eigenvalue weighted by Gasteiger charge is 2.92. The fourth-order valence-electron chi connectivity index (χ4n) is 11.0. The number of hydrogen-bond acceptors (Lipinski definition) is 6. The molecule has 0 aromatic rings. The quantitative estimate of drug-likeness (QED) is 0.452. The summed E-state index contributed by atoms with van der Waals surface area (Å²) in [6, 6.07) is 0.383. The lowest BCUT2D eigenvalue weighted by Crippen LogP contribution is -2.68. The molecule has 6 aliphatic carbocycles. The van der Waals surface area contributed by atoms with Crippen LogP contribution in [-0.2, 0) is 9.53 Å². The molecule has 9 aliphatic rings. The summed E-state index contributed by atoms with van der Waals surface area (Å²) in [5, 5.41) is 33.9. The molecule has 3 N–H and O–H groups in total. The number of rotatable bonds is 1. The molecule has 3 aliphatic heterocycles. The Balaban J connectivity index is 1.50. The molecule has 1 unspecified atom stereocenters. The van der Waals surface area contributed by atoms with Crippen molar-refractivity contribution in [1.29, 1.82) is 0 Å². The Morgan fingerprint density at radius 2 is 1.96 bits per heavy atom. The highest BCUT2D eigenvalue weighted by molar-refractivity contribution is 5.66. The van der Waals surface area contributed by atoms with Crippen LogP contribution in [0.15, 0.2) is 12.2 Å². The molecule has 0 radical (unpaired) electrons. The number of carbonyl (C=O) groups excluding carboxylic acids is 1. The van der Waals surface area contributed by atoms with Crippen LogP contribution in [0.2, 0.25) is 0 Å². The lowest BCUT2D eigenvalue weighted by atomic mass is 9.39. The van der Waals surface area contributed by atoms with Gasteiger partial charge < -0.3 is 20.1 Å². The van der Waals surface area contributed by atoms with Crippen molar-refractivity contribution < 1.29 is 24.9 Å². The van der Waals surface area contributed by atoms with E-state index in [0.717, 1.165) is 18.4 Å². The second-order valence-electron chi connectivity index (χ2n) is 11.4. The van der Waals surface area contributed by atoms with Gasteiger partial charge in [0, 0.05) is 36.3 Å². The summed E-state index contributed by atoms with van der Waals surface area (Å²) in [5.74, 6) is -0.0180. The average molecular weight is 387 g/mol. The number of aliphatic hydroxyl groups is 3. The normalized spacial score (nSPS) is 69.3. The highest BCUT2D eigenvalue weighted by Crippen LogP contribution is 2.87. The van der Waals surface area contributed by atoms with Gasteiger partial charge in [0.15, 0.2) is 0 Å². The Kier molecular flexibility index (Phi) is 2.63. The van der Waals surface area contributed by atoms with Crippen LogP contribution in [0.5, 0.6) is 0 Å². The van der Waals surface area contributed by atoms with Gasteiger partial charge in [0.05, 0.1) is 12.2 Å². The second-order valence-corrected chi connectivity index (χ2v) is 11.4. The van der Waals surface area contributed by atoms with E-state index < -0.39 is 18.4 Å². The van der Waals surface area contributed by atoms with Crippen molar-refractivity contribution in [1.82, 2.24) is 4.90 Å². The van der Waals surface area contributed by atoms with E-state index in [4.69, 9.17) is 4.74 Å². The first-order valence-electron chi connectivity index (χ1n) is 10.8. The monoisotopic (exact) mass is 387 g/mol. The van der Waals surface area contributed by atoms with Crippen LogP contribution in [-0.4, -0.2) is 62.8 Å². The van der Waals surface area contributed by atoms with Gasteiger partial charge in [0.2, 0.25) is 0 Å². The minimum atomic E-state index is -0.583. The summed E-state index contributed by atoms with van der Waals surface area (Å²) in [4.78, 5) is 14.3. The Labute approximate surface area is 164 Å². The molecule has 3 saturated heterocycles. The zero-order valence-corrected chi connectivity index (χ0v) is 16.4. The van der Waals surface area contributed by atoms with E-state index >= 15 is 0 Å². The van der Waals surface area contributed by atoms with Crippen LogP contribution in [0.1, 0.15) is 39.5 Å². The van der Waals surface area contributed by atoms with Crippen LogP contribution in [0.4, 0.5) is 0 Å². The lowest BCUT2D eigenvalue weighted by molar-refractivity contribution is -0.222. The van der Waals surface area contributed by atoms with E-state index in [1.807, 2.05) is 0 Å². The largest absolute Gasteiger partial charge is 0.461 e. The number of ether oxygens (including phenoxy) is 1. The van der Waals surface area contributed by atoms with Crippen molar-refractivity contribution in [3.05, 3.63) is 12.2 Å². The molecular formula is C22H29NO5. The first-order valence-corrected chi connectivity index (χ1v) is 10.8. The van der Waals surface area contributed by atoms with Crippen molar-refractivity contribution in [2.75, 3.05) is 0 Å². The minimum absolute atomic E-state index is 0.0800. The van der Waals surface area contributed by atoms with Gasteiger partial charge in [0.1, 0.15) is 12.3 Å². The number of esters is 1. The van der Waals surface area contributed by atoms with Gasteiger partial charge in [-0.25, -0.2) is 0 Å². The number of carbonyl (C=O) groups is 1. The van der Waals surface area contributed by atoms with Gasteiger partial charge in [-0.3, -0.25) is 9.69 Å². The first kappa shape index (κ1) is 16.8. The van der Waals surface area contributed by atoms with Gasteiger partial charge >= 0.3 is 5.97 Å². The Morgan fingerprint density at radius 3 is 2.68 bits per heavy atom. The predicted molar refractivity (Wildman–Crippen MR) is 97.5 cm³/mol. The van der Waals surface area contributed by atoms with Crippen LogP contribution in [0.3, 0.4) is 0 Å². The highest BCUT2D eigenvalue weighted by atomic mass is 16.5. The molecule has 6 nitrogen and oxygen atoms in total. The third kappa shape index (κ3) is 1.31. The molecule has 28 heavy (non-hydrogen) atoms. The zero-order valence-electron chi connectivity index (χ0n) is 16.4. The van der Waals surface area contributed by atoms with Crippen LogP contribution in [0, 0.1) is 39.9 Å². The summed E-state index contributed by atoms with van der Waals surface area (Å²) in [7, 11) is 0. The number of piperidine rings is 2. The Hall–Kier alpha value is -0.950. The van der Waals surface area contributed by atoms with Crippen LogP contribution < -0.4 is 0 Å². The zero-order chi connectivity index (χ0) is 19.5. The molecule has 14 atom stereocenters. The third-order valence-electron chi connectivity index (χ3n) is 10.6. The molecular weight excluding hydrogens is 358 g/mol. The van der Waals surface area contributed by atoms with Crippen molar-refractivity contribution in [3.63, 3.8) is 0 Å². The molecule has 2 spiro atoms. The van der Waals surface area contributed by atoms with Crippen molar-refractivity contribution in [2.24, 2.45) is 39.9 Å². The SMILES string of the molecule is C=C1C[C@@]23C[C@H]4[C@@H]5[C@@]6(C)C[C@H](O)C[C@@]57[C@@H]2[C@H](O)[C@@H]1[C@@H](OC(C)=O)[C@@H]3[C@H]7N4[C@H]6O. The van der Waals surface area contributed by atoms with Gasteiger partial charge in [-0.1, -0.05) is 19.1 Å². The molecule has 9 rings (SSSR count). The van der Waals surface area contributed by atoms with Crippen molar-refractivity contribution in [3.8, 4) is 0 Å². The van der Waals surface area contributed by atoms with Gasteiger partial charge in [-0.2, -0.15) is 0 Å². The van der Waals surface area contributed by atoms with Gasteiger partial charge in [-0.15, -0.1) is 0 Å². The second kappa shape index (κ2) is 4.39. The van der Waals surface area contributed by atoms with Crippen LogP contribution >= 0.6 is 0 Å². The van der Waals surface area contributed by atoms with Crippen molar-refractivity contribution in [2.45, 2.75) is 76.2 Å². The summed E-state index contributed by atoms with van der Waals surface area (Å²) >= 11 is 0. The van der Waals surface area contributed by atoms with Gasteiger partial charge in [0.25, 0.3) is 0 Å². The molecule has 0 amide bonds. The van der Waals surface area contributed by atoms with E-state index in [2.05, 4.69) is 18.4 Å². The molecule has 9 bridgehead atoms. The summed E-state index contributed by atoms with van der Waals surface area (Å²) in [6.45, 7) is 7.88. The average Bonchev–Trinajstić information content (AvgIpc) is 2.95. The minimum Gasteiger partial charge on any atom is -0.461 e. The van der Waals surface area contributed by atoms with Gasteiger partial charge in [-0.05, 0) is 48.3 Å². The maximum Gasteiger partial charge on any atom is 0.302 e. The predicted octanol–water partition coefficient (Wildman–Crippen LogP) is 0.653. The maximum atomic E-state index is 12.0. The number of fused-ring (bicyclic) bond motifs is 1. The molecule has 0 aromatic heterocycles. The third-order valence-corrected chi connectivity index (χ3v) is 10.6. The fraction of sp³-hybridized carbons (Fsp3) is 0.864. The van der Waals surface area contributed by atoms with E-state index in [9.17, 15) is 20.1 Å². The molecule has 3 heterocycles. The fourth-order valence-corrected chi connectivity index (χ4v) is 11.0. The van der Waals surface area contributed by atoms with E-state index in [1.54, 1.807) is 0 Å². The Morgan fingerprint density at radius 1 is 1.21 bits per heavy atom. The molecule has 6 saturated carbocycles. The Bertz CT molecular complexity index is 845. The molecule has 9 fully saturated rings. The topological polar surface area (TPSA) is 90.2 Å². The summed E-state index contributed by atoms with van der Waals surface area (Å²) in [6.07, 6.45) is 1.19. The number of hydrogen-bond donors (Lipinski definition) is 3. The lowest BCUT2D eigenvalue weighted by Gasteiger charge is -2.66. The number of aliphatic hydroxyl groups excluding tert-OH is 3. The van der Waals surface area contributed by atoms with E-state index in [-0.39, 0.29) is 52.1 Å². The van der Waals surface area contributed by atoms with E-state index in [1.165, 1.54) is 6.92 Å². The maximum absolute atomic E-state index is 12.0. The van der Waals surface area contributed by atoms with Crippen molar-refractivity contribution >= 4 is 5.97 Å². The van der Waals surface area contributed by atoms with Crippen LogP contribution in [0.25, 0.3) is 0 Å². The molecule has 0 aromatic carbocycles. The standard InChI is InChI=1S/C22H29NO5/c1-8-4-21-7-11-16-20(3)5-10(25)6-22(16)17(21)14(26)12(8)15(28-9(2)24)13(21)18(22)23(11)19(20)27/h10-19,25-27H,1,4-7H2,2-3H3/t10-,11-,12+,13+,14+,15+,16+,17+,18+,19-,20+,21-,22-/m0/s1. The first-order chi connectivity index (χ1) is 13.2. The molecule has 152 valence electrons.